The molecule has 2 heterocycles. The molecule has 0 radical (unpaired) electrons. The van der Waals surface area contributed by atoms with Gasteiger partial charge < -0.3 is 15.0 Å². The number of rotatable bonds is 8. The lowest BCUT2D eigenvalue weighted by Gasteiger charge is -2.22. The number of anilines is 2. The zero-order valence-corrected chi connectivity index (χ0v) is 20.1. The Morgan fingerprint density at radius 3 is 2.40 bits per heavy atom. The van der Waals surface area contributed by atoms with Crippen molar-refractivity contribution in [2.75, 3.05) is 31.4 Å². The van der Waals surface area contributed by atoms with Crippen LogP contribution in [0.15, 0.2) is 78.0 Å². The number of methoxy groups -OCH3 is 1. The van der Waals surface area contributed by atoms with E-state index in [9.17, 15) is 9.59 Å². The van der Waals surface area contributed by atoms with Gasteiger partial charge in [0.1, 0.15) is 11.6 Å². The number of nitrogens with zero attached hydrogens (tertiary/aromatic N) is 4. The summed E-state index contributed by atoms with van der Waals surface area (Å²) in [6.45, 7) is 0. The third-order valence-corrected chi connectivity index (χ3v) is 5.83. The van der Waals surface area contributed by atoms with E-state index in [0.717, 1.165) is 28.4 Å². The Hall–Kier alpha value is -4.20. The number of ether oxygens (including phenoxy) is 1. The molecule has 0 aliphatic carbocycles. The van der Waals surface area contributed by atoms with Crippen LogP contribution >= 0.6 is 0 Å². The van der Waals surface area contributed by atoms with Crippen molar-refractivity contribution < 1.29 is 14.3 Å². The summed E-state index contributed by atoms with van der Waals surface area (Å²) in [5.41, 5.74) is 3.38. The summed E-state index contributed by atoms with van der Waals surface area (Å²) >= 11 is 0. The molecule has 1 atom stereocenters. The Morgan fingerprint density at radius 1 is 1.03 bits per heavy atom. The van der Waals surface area contributed by atoms with Crippen molar-refractivity contribution in [3.05, 3.63) is 84.1 Å². The molecule has 1 aromatic heterocycles. The molecule has 0 fully saturated rings. The van der Waals surface area contributed by atoms with Crippen LogP contribution in [0.3, 0.4) is 0 Å². The van der Waals surface area contributed by atoms with Crippen LogP contribution in [0.4, 0.5) is 11.5 Å². The molecule has 2 aromatic carbocycles. The molecule has 0 saturated carbocycles. The van der Waals surface area contributed by atoms with E-state index in [1.54, 1.807) is 19.4 Å². The minimum Gasteiger partial charge on any atom is -0.497 e. The van der Waals surface area contributed by atoms with E-state index in [4.69, 9.17) is 4.74 Å². The van der Waals surface area contributed by atoms with Crippen LogP contribution in [0.5, 0.6) is 5.75 Å². The molecule has 0 spiro atoms. The normalized spacial score (nSPS) is 14.9. The number of hydrazone groups is 1. The monoisotopic (exact) mass is 471 g/mol. The summed E-state index contributed by atoms with van der Waals surface area (Å²) in [5.74, 6) is 1.10. The summed E-state index contributed by atoms with van der Waals surface area (Å²) in [5, 5.41) is 8.99. The maximum absolute atomic E-state index is 13.2. The van der Waals surface area contributed by atoms with Crippen LogP contribution in [0.2, 0.25) is 0 Å². The third-order valence-electron chi connectivity index (χ3n) is 5.83. The molecule has 35 heavy (non-hydrogen) atoms. The molecule has 8 heteroatoms. The van der Waals surface area contributed by atoms with Crippen LogP contribution in [0.1, 0.15) is 36.4 Å². The average molecular weight is 472 g/mol. The zero-order valence-electron chi connectivity index (χ0n) is 20.1. The van der Waals surface area contributed by atoms with Crippen LogP contribution in [0.25, 0.3) is 0 Å². The van der Waals surface area contributed by atoms with Crippen molar-refractivity contribution in [3.8, 4) is 5.75 Å². The molecule has 0 bridgehead atoms. The second kappa shape index (κ2) is 10.8. The second-order valence-corrected chi connectivity index (χ2v) is 8.49. The number of carbonyl (C=O) groups excluding carboxylic acids is 2. The number of aromatic nitrogens is 1. The van der Waals surface area contributed by atoms with Crippen molar-refractivity contribution in [2.45, 2.75) is 25.3 Å². The first-order chi connectivity index (χ1) is 16.9. The number of amides is 2. The molecule has 1 aliphatic rings. The van der Waals surface area contributed by atoms with Gasteiger partial charge in [0.15, 0.2) is 0 Å². The lowest BCUT2D eigenvalue weighted by atomic mass is 9.98. The molecule has 1 N–H and O–H groups in total. The maximum atomic E-state index is 13.2. The summed E-state index contributed by atoms with van der Waals surface area (Å²) in [6, 6.07) is 20.9. The zero-order chi connectivity index (χ0) is 24.8. The molecular formula is C27H29N5O3. The molecule has 4 rings (SSSR count). The summed E-state index contributed by atoms with van der Waals surface area (Å²) in [4.78, 5) is 31.9. The lowest BCUT2D eigenvalue weighted by molar-refractivity contribution is -0.134. The molecule has 2 amide bonds. The van der Waals surface area contributed by atoms with Crippen molar-refractivity contribution >= 4 is 29.0 Å². The SMILES string of the molecule is COc1ccc([C@@H]2CC(c3ccccc3)=NN2C(=O)CCC(=O)Nc2ccc(N(C)C)nc2)cc1. The van der Waals surface area contributed by atoms with Crippen LogP contribution in [0, 0.1) is 0 Å². The first-order valence-corrected chi connectivity index (χ1v) is 11.5. The molecule has 8 nitrogen and oxygen atoms in total. The van der Waals surface area contributed by atoms with Crippen molar-refractivity contribution in [2.24, 2.45) is 5.10 Å². The lowest BCUT2D eigenvalue weighted by Crippen LogP contribution is -2.28. The minimum atomic E-state index is -0.245. The van der Waals surface area contributed by atoms with E-state index in [1.165, 1.54) is 5.01 Å². The smallest absolute Gasteiger partial charge is 0.243 e. The van der Waals surface area contributed by atoms with Gasteiger partial charge in [0.2, 0.25) is 11.8 Å². The van der Waals surface area contributed by atoms with Crippen LogP contribution < -0.4 is 15.0 Å². The van der Waals surface area contributed by atoms with E-state index in [1.807, 2.05) is 79.7 Å². The van der Waals surface area contributed by atoms with Crippen LogP contribution in [-0.2, 0) is 9.59 Å². The predicted octanol–water partition coefficient (Wildman–Crippen LogP) is 4.25. The van der Waals surface area contributed by atoms with E-state index in [-0.39, 0.29) is 30.7 Å². The quantitative estimate of drug-likeness (QED) is 0.531. The largest absolute Gasteiger partial charge is 0.497 e. The number of benzene rings is 2. The Kier molecular flexibility index (Phi) is 7.40. The highest BCUT2D eigenvalue weighted by molar-refractivity contribution is 6.03. The maximum Gasteiger partial charge on any atom is 0.243 e. The molecule has 180 valence electrons. The Balaban J connectivity index is 1.45. The summed E-state index contributed by atoms with van der Waals surface area (Å²) < 4.78 is 5.27. The highest BCUT2D eigenvalue weighted by Gasteiger charge is 2.33. The summed E-state index contributed by atoms with van der Waals surface area (Å²) in [6.07, 6.45) is 2.30. The molecule has 3 aromatic rings. The Labute approximate surface area is 205 Å². The second-order valence-electron chi connectivity index (χ2n) is 8.49. The fourth-order valence-electron chi connectivity index (χ4n) is 3.91. The van der Waals surface area contributed by atoms with Gasteiger partial charge in [-0.15, -0.1) is 0 Å². The topological polar surface area (TPSA) is 87.1 Å². The van der Waals surface area contributed by atoms with Crippen molar-refractivity contribution in [3.63, 3.8) is 0 Å². The molecule has 0 saturated heterocycles. The standard InChI is InChI=1S/C27H29N5O3/c1-31(2)25-14-11-21(18-28-25)29-26(33)15-16-27(34)32-24(20-9-12-22(35-3)13-10-20)17-23(30-32)19-7-5-4-6-8-19/h4-14,18,24H,15-17H2,1-3H3,(H,29,33)/t24-/m0/s1. The average Bonchev–Trinajstić information content (AvgIpc) is 3.34. The van der Waals surface area contributed by atoms with Gasteiger partial charge in [0.25, 0.3) is 0 Å². The predicted molar refractivity (Wildman–Crippen MR) is 137 cm³/mol. The molecule has 0 unspecified atom stereocenters. The summed E-state index contributed by atoms with van der Waals surface area (Å²) in [7, 11) is 5.42. The van der Waals surface area contributed by atoms with Crippen molar-refractivity contribution in [1.82, 2.24) is 9.99 Å². The van der Waals surface area contributed by atoms with Gasteiger partial charge in [-0.3, -0.25) is 9.59 Å². The molecule has 1 aliphatic heterocycles. The van der Waals surface area contributed by atoms with E-state index < -0.39 is 0 Å². The van der Waals surface area contributed by atoms with E-state index >= 15 is 0 Å². The highest BCUT2D eigenvalue weighted by Crippen LogP contribution is 2.34. The van der Waals surface area contributed by atoms with Gasteiger partial charge in [0.05, 0.1) is 30.7 Å². The number of pyridine rings is 1. The first-order valence-electron chi connectivity index (χ1n) is 11.5. The number of hydrogen-bond donors (Lipinski definition) is 1. The number of nitrogens with one attached hydrogen (secondary N) is 1. The third kappa shape index (κ3) is 5.84. The first kappa shape index (κ1) is 23.9. The highest BCUT2D eigenvalue weighted by atomic mass is 16.5. The van der Waals surface area contributed by atoms with Gasteiger partial charge in [-0.1, -0.05) is 42.5 Å². The number of hydrogen-bond acceptors (Lipinski definition) is 6. The van der Waals surface area contributed by atoms with E-state index in [2.05, 4.69) is 15.4 Å². The van der Waals surface area contributed by atoms with Gasteiger partial charge in [-0.05, 0) is 35.4 Å². The van der Waals surface area contributed by atoms with Gasteiger partial charge in [0, 0.05) is 33.4 Å². The Morgan fingerprint density at radius 2 is 1.77 bits per heavy atom. The van der Waals surface area contributed by atoms with Crippen LogP contribution in [-0.4, -0.2) is 48.7 Å². The van der Waals surface area contributed by atoms with Gasteiger partial charge >= 0.3 is 0 Å². The number of carbonyl (C=O) groups is 2. The Bertz CT molecular complexity index is 1190. The van der Waals surface area contributed by atoms with E-state index in [0.29, 0.717) is 12.1 Å². The fraction of sp³-hybridized carbons (Fsp3) is 0.259. The fourth-order valence-corrected chi connectivity index (χ4v) is 3.91. The van der Waals surface area contributed by atoms with Gasteiger partial charge in [-0.25, -0.2) is 9.99 Å². The van der Waals surface area contributed by atoms with Crippen molar-refractivity contribution in [1.29, 1.82) is 0 Å². The minimum absolute atomic E-state index is 0.0489. The van der Waals surface area contributed by atoms with Gasteiger partial charge in [-0.2, -0.15) is 5.10 Å². The molecular weight excluding hydrogens is 442 g/mol.